The number of rotatable bonds is 18. The Morgan fingerprint density at radius 2 is 1.67 bits per heavy atom. The fourth-order valence-corrected chi connectivity index (χ4v) is 6.44. The Balaban J connectivity index is 1.11. The number of benzene rings is 3. The van der Waals surface area contributed by atoms with E-state index in [1.54, 1.807) is 37.3 Å². The number of sulfonamides is 1. The number of hydrogen-bond donors (Lipinski definition) is 2. The number of furan rings is 1. The van der Waals surface area contributed by atoms with Gasteiger partial charge in [-0.15, -0.1) is 0 Å². The number of para-hydroxylation sites is 1. The summed E-state index contributed by atoms with van der Waals surface area (Å²) < 4.78 is 70.2. The largest absolute Gasteiger partial charge is 0.490 e. The van der Waals surface area contributed by atoms with Gasteiger partial charge in [-0.2, -0.15) is 0 Å². The van der Waals surface area contributed by atoms with E-state index in [-0.39, 0.29) is 69.5 Å². The van der Waals surface area contributed by atoms with Crippen LogP contribution >= 0.6 is 0 Å². The minimum atomic E-state index is -3.73. The lowest BCUT2D eigenvalue weighted by molar-refractivity contribution is 0.0374. The van der Waals surface area contributed by atoms with E-state index in [1.807, 2.05) is 6.07 Å². The van der Waals surface area contributed by atoms with E-state index in [2.05, 4.69) is 10.0 Å². The van der Waals surface area contributed by atoms with Crippen LogP contribution in [0.1, 0.15) is 57.5 Å². The van der Waals surface area contributed by atoms with E-state index < -0.39 is 21.8 Å². The summed E-state index contributed by atoms with van der Waals surface area (Å²) in [5, 5.41) is 3.22. The van der Waals surface area contributed by atoms with Gasteiger partial charge in [0.1, 0.15) is 35.1 Å². The molecule has 3 aromatic carbocycles. The first kappa shape index (κ1) is 35.0. The molecule has 1 heterocycles. The fourth-order valence-electron chi connectivity index (χ4n) is 5.28. The molecule has 0 spiro atoms. The van der Waals surface area contributed by atoms with Gasteiger partial charge in [0.15, 0.2) is 0 Å². The van der Waals surface area contributed by atoms with Crippen LogP contribution in [0.2, 0.25) is 0 Å². The van der Waals surface area contributed by atoms with E-state index >= 15 is 0 Å². The van der Waals surface area contributed by atoms with Gasteiger partial charge in [0, 0.05) is 24.5 Å². The minimum absolute atomic E-state index is 0.0768. The SMILES string of the molecule is CCOC(=O)c1ccccc1OCCOCCOCCNS(=O)(=O)Cc1cc2oc(-c3ccc(F)cc3)c(C(=O)NC)c2cc1C1CC1. The van der Waals surface area contributed by atoms with Crippen molar-refractivity contribution in [1.29, 1.82) is 0 Å². The zero-order chi connectivity index (χ0) is 34.1. The van der Waals surface area contributed by atoms with Gasteiger partial charge in [-0.25, -0.2) is 22.3 Å². The Morgan fingerprint density at radius 1 is 0.958 bits per heavy atom. The number of nitrogens with one attached hydrogen (secondary N) is 2. The molecule has 2 N–H and O–H groups in total. The van der Waals surface area contributed by atoms with Crippen LogP contribution in [0.25, 0.3) is 22.3 Å². The molecule has 0 bridgehead atoms. The van der Waals surface area contributed by atoms with Crippen molar-refractivity contribution in [3.8, 4) is 17.1 Å². The van der Waals surface area contributed by atoms with Crippen molar-refractivity contribution in [3.63, 3.8) is 0 Å². The Bertz CT molecular complexity index is 1840. The van der Waals surface area contributed by atoms with E-state index in [4.69, 9.17) is 23.4 Å². The normalized spacial score (nSPS) is 13.1. The first-order chi connectivity index (χ1) is 23.2. The molecule has 0 radical (unpaired) electrons. The Hall–Kier alpha value is -4.30. The smallest absolute Gasteiger partial charge is 0.341 e. The molecule has 0 atom stereocenters. The molecule has 0 saturated heterocycles. The average molecular weight is 683 g/mol. The third kappa shape index (κ3) is 8.98. The van der Waals surface area contributed by atoms with Crippen molar-refractivity contribution < 1.29 is 45.8 Å². The van der Waals surface area contributed by atoms with Crippen LogP contribution < -0.4 is 14.8 Å². The predicted octanol–water partition coefficient (Wildman–Crippen LogP) is 5.18. The van der Waals surface area contributed by atoms with Gasteiger partial charge in [-0.3, -0.25) is 4.79 Å². The molecule has 4 aromatic rings. The van der Waals surface area contributed by atoms with Crippen molar-refractivity contribution in [2.24, 2.45) is 0 Å². The number of carbonyl (C=O) groups is 2. The van der Waals surface area contributed by atoms with Gasteiger partial charge >= 0.3 is 5.97 Å². The molecule has 13 heteroatoms. The van der Waals surface area contributed by atoms with Crippen LogP contribution in [0.15, 0.2) is 65.1 Å². The van der Waals surface area contributed by atoms with Gasteiger partial charge in [-0.1, -0.05) is 12.1 Å². The lowest BCUT2D eigenvalue weighted by atomic mass is 9.98. The zero-order valence-electron chi connectivity index (χ0n) is 26.9. The van der Waals surface area contributed by atoms with E-state index in [0.717, 1.165) is 18.4 Å². The molecular formula is C35H39FN2O9S. The van der Waals surface area contributed by atoms with Crippen molar-refractivity contribution >= 4 is 32.9 Å². The molecule has 0 unspecified atom stereocenters. The quantitative estimate of drug-likeness (QED) is 0.107. The standard InChI is InChI=1S/C35H39FN2O9S/c1-3-45-35(40)27-6-4-5-7-30(27)46-19-18-44-17-16-43-15-14-38-48(41,42)22-25-20-31-29(21-28(25)23-8-9-23)32(34(39)37-2)33(47-31)24-10-12-26(36)13-11-24/h4-7,10-13,20-21,23,38H,3,8-9,14-19,22H2,1-2H3,(H,37,39). The summed E-state index contributed by atoms with van der Waals surface area (Å²) in [4.78, 5) is 25.0. The van der Waals surface area contributed by atoms with Crippen molar-refractivity contribution in [3.05, 3.63) is 88.7 Å². The summed E-state index contributed by atoms with van der Waals surface area (Å²) in [5.41, 5.74) is 3.04. The molecule has 5 rings (SSSR count). The number of halogens is 1. The second-order valence-electron chi connectivity index (χ2n) is 11.2. The lowest BCUT2D eigenvalue weighted by Gasteiger charge is -2.12. The van der Waals surface area contributed by atoms with Gasteiger partial charge in [0.25, 0.3) is 5.91 Å². The highest BCUT2D eigenvalue weighted by molar-refractivity contribution is 7.88. The third-order valence-electron chi connectivity index (χ3n) is 7.68. The van der Waals surface area contributed by atoms with Crippen LogP contribution in [0.3, 0.4) is 0 Å². The van der Waals surface area contributed by atoms with E-state index in [9.17, 15) is 22.4 Å². The second-order valence-corrected chi connectivity index (χ2v) is 13.0. The maximum absolute atomic E-state index is 13.6. The second kappa shape index (κ2) is 16.2. The highest BCUT2D eigenvalue weighted by Gasteiger charge is 2.31. The number of ether oxygens (including phenoxy) is 4. The molecule has 0 aliphatic heterocycles. The number of hydrogen-bond acceptors (Lipinski definition) is 9. The number of carbonyl (C=O) groups excluding carboxylic acids is 2. The summed E-state index contributed by atoms with van der Waals surface area (Å²) in [6.07, 6.45) is 1.85. The Labute approximate surface area is 278 Å². The average Bonchev–Trinajstić information content (AvgIpc) is 3.85. The number of amides is 1. The van der Waals surface area contributed by atoms with Gasteiger partial charge in [0.2, 0.25) is 10.0 Å². The van der Waals surface area contributed by atoms with Crippen LogP contribution in [0.5, 0.6) is 5.75 Å². The van der Waals surface area contributed by atoms with Gasteiger partial charge < -0.3 is 28.7 Å². The molecule has 1 aliphatic rings. The third-order valence-corrected chi connectivity index (χ3v) is 9.02. The maximum Gasteiger partial charge on any atom is 0.341 e. The molecule has 48 heavy (non-hydrogen) atoms. The molecule has 1 aromatic heterocycles. The Kier molecular flexibility index (Phi) is 11.8. The van der Waals surface area contributed by atoms with E-state index in [1.165, 1.54) is 31.3 Å². The maximum atomic E-state index is 13.6. The molecule has 11 nitrogen and oxygen atoms in total. The van der Waals surface area contributed by atoms with Crippen LogP contribution in [0, 0.1) is 5.82 Å². The van der Waals surface area contributed by atoms with Crippen LogP contribution in [-0.2, 0) is 30.0 Å². The van der Waals surface area contributed by atoms with E-state index in [0.29, 0.717) is 39.0 Å². The number of fused-ring (bicyclic) bond motifs is 1. The molecular weight excluding hydrogens is 643 g/mol. The van der Waals surface area contributed by atoms with Crippen molar-refractivity contribution in [2.75, 3.05) is 53.2 Å². The van der Waals surface area contributed by atoms with Gasteiger partial charge in [0.05, 0.1) is 44.4 Å². The number of esters is 1. The first-order valence-electron chi connectivity index (χ1n) is 15.8. The summed E-state index contributed by atoms with van der Waals surface area (Å²) in [7, 11) is -2.21. The monoisotopic (exact) mass is 682 g/mol. The van der Waals surface area contributed by atoms with Crippen molar-refractivity contribution in [2.45, 2.75) is 31.4 Å². The van der Waals surface area contributed by atoms with Crippen LogP contribution in [-0.4, -0.2) is 73.5 Å². The Morgan fingerprint density at radius 3 is 2.38 bits per heavy atom. The van der Waals surface area contributed by atoms with Crippen LogP contribution in [0.4, 0.5) is 4.39 Å². The summed E-state index contributed by atoms with van der Waals surface area (Å²) >= 11 is 0. The topological polar surface area (TPSA) is 142 Å². The molecule has 1 fully saturated rings. The lowest BCUT2D eigenvalue weighted by Crippen LogP contribution is -2.29. The highest BCUT2D eigenvalue weighted by Crippen LogP contribution is 2.45. The molecule has 1 amide bonds. The fraction of sp³-hybridized carbons (Fsp3) is 0.371. The molecule has 256 valence electrons. The van der Waals surface area contributed by atoms with Gasteiger partial charge in [-0.05, 0) is 85.3 Å². The predicted molar refractivity (Wildman–Crippen MR) is 177 cm³/mol. The minimum Gasteiger partial charge on any atom is -0.490 e. The summed E-state index contributed by atoms with van der Waals surface area (Å²) in [6.45, 7) is 3.26. The highest BCUT2D eigenvalue weighted by atomic mass is 32.2. The summed E-state index contributed by atoms with van der Waals surface area (Å²) in [5.74, 6) is -0.580. The zero-order valence-corrected chi connectivity index (χ0v) is 27.7. The molecule has 1 saturated carbocycles. The molecule has 1 aliphatic carbocycles. The first-order valence-corrected chi connectivity index (χ1v) is 17.4. The van der Waals surface area contributed by atoms with Crippen molar-refractivity contribution in [1.82, 2.24) is 10.0 Å². The summed E-state index contributed by atoms with van der Waals surface area (Å²) in [6, 6.07) is 16.0.